The van der Waals surface area contributed by atoms with Crippen molar-refractivity contribution in [1.82, 2.24) is 5.32 Å². The summed E-state index contributed by atoms with van der Waals surface area (Å²) in [5.41, 5.74) is 4.03. The van der Waals surface area contributed by atoms with Gasteiger partial charge in [-0.3, -0.25) is 19.7 Å². The smallest absolute Gasteiger partial charge is 0.270 e. The van der Waals surface area contributed by atoms with Crippen molar-refractivity contribution in [3.8, 4) is 0 Å². The molecule has 0 unspecified atom stereocenters. The summed E-state index contributed by atoms with van der Waals surface area (Å²) in [6, 6.07) is 17.2. The molecule has 3 aromatic rings. The summed E-state index contributed by atoms with van der Waals surface area (Å²) in [6.45, 7) is 2.54. The zero-order chi connectivity index (χ0) is 26.6. The molecule has 2 N–H and O–H groups in total. The molecule has 0 radical (unpaired) electrons. The topological polar surface area (TPSA) is 114 Å². The molecule has 0 bridgehead atoms. The lowest BCUT2D eigenvalue weighted by molar-refractivity contribution is -0.384. The molecular weight excluding hydrogens is 508 g/mol. The highest BCUT2D eigenvalue weighted by molar-refractivity contribution is 6.34. The van der Waals surface area contributed by atoms with Crippen LogP contribution >= 0.6 is 11.6 Å². The van der Waals surface area contributed by atoms with Crippen molar-refractivity contribution in [1.29, 1.82) is 0 Å². The van der Waals surface area contributed by atoms with Gasteiger partial charge in [-0.2, -0.15) is 0 Å². The van der Waals surface area contributed by atoms with E-state index < -0.39 is 10.8 Å². The Morgan fingerprint density at radius 2 is 1.87 bits per heavy atom. The largest absolute Gasteiger partial charge is 0.376 e. The maximum Gasteiger partial charge on any atom is 0.270 e. The number of ether oxygens (including phenoxy) is 1. The number of hydrogen-bond donors (Lipinski definition) is 2. The Balaban J connectivity index is 1.40. The molecule has 10 heteroatoms. The molecule has 1 atom stereocenters. The number of carbonyl (C=O) groups excluding carboxylic acids is 2. The second kappa shape index (κ2) is 11.2. The van der Waals surface area contributed by atoms with Crippen LogP contribution in [0.1, 0.15) is 44.7 Å². The highest BCUT2D eigenvalue weighted by Crippen LogP contribution is 2.30. The van der Waals surface area contributed by atoms with Crippen LogP contribution in [0.25, 0.3) is 0 Å². The van der Waals surface area contributed by atoms with Gasteiger partial charge in [-0.15, -0.1) is 0 Å². The molecule has 5 rings (SSSR count). The zero-order valence-corrected chi connectivity index (χ0v) is 21.4. The van der Waals surface area contributed by atoms with E-state index in [1.807, 2.05) is 18.2 Å². The molecule has 2 aliphatic heterocycles. The van der Waals surface area contributed by atoms with Crippen LogP contribution in [0.3, 0.4) is 0 Å². The fourth-order valence-corrected chi connectivity index (χ4v) is 5.14. The Kier molecular flexibility index (Phi) is 7.57. The van der Waals surface area contributed by atoms with E-state index in [-0.39, 0.29) is 28.3 Å². The molecule has 196 valence electrons. The highest BCUT2D eigenvalue weighted by atomic mass is 35.5. The third kappa shape index (κ3) is 5.64. The third-order valence-electron chi connectivity index (χ3n) is 6.89. The number of nitro groups is 1. The molecule has 1 fully saturated rings. The van der Waals surface area contributed by atoms with Gasteiger partial charge in [0.05, 0.1) is 27.2 Å². The molecule has 2 amide bonds. The molecule has 3 aromatic carbocycles. The summed E-state index contributed by atoms with van der Waals surface area (Å²) in [4.78, 5) is 38.9. The fraction of sp³-hybridized carbons (Fsp3) is 0.286. The number of carbonyl (C=O) groups is 2. The van der Waals surface area contributed by atoms with E-state index in [2.05, 4.69) is 27.7 Å². The monoisotopic (exact) mass is 534 g/mol. The minimum Gasteiger partial charge on any atom is -0.376 e. The first kappa shape index (κ1) is 25.7. The van der Waals surface area contributed by atoms with Crippen LogP contribution in [0.2, 0.25) is 5.02 Å². The molecule has 2 aliphatic rings. The molecule has 0 aliphatic carbocycles. The Morgan fingerprint density at radius 3 is 2.61 bits per heavy atom. The molecule has 9 nitrogen and oxygen atoms in total. The number of benzene rings is 3. The van der Waals surface area contributed by atoms with Crippen LogP contribution in [-0.4, -0.2) is 42.5 Å². The van der Waals surface area contributed by atoms with Crippen LogP contribution in [0.5, 0.6) is 0 Å². The molecule has 0 saturated carbocycles. The Labute approximate surface area is 224 Å². The lowest BCUT2D eigenvalue weighted by Crippen LogP contribution is -2.35. The molecule has 0 aromatic heterocycles. The molecular formula is C28H27ClN4O5. The summed E-state index contributed by atoms with van der Waals surface area (Å²) < 4.78 is 5.65. The van der Waals surface area contributed by atoms with Gasteiger partial charge in [0.15, 0.2) is 0 Å². The number of nitrogens with zero attached hydrogens (tertiary/aromatic N) is 2. The summed E-state index contributed by atoms with van der Waals surface area (Å²) in [6.07, 6.45) is 2.74. The normalized spacial score (nSPS) is 16.6. The Hall–Kier alpha value is -3.95. The number of rotatable bonds is 7. The lowest BCUT2D eigenvalue weighted by Gasteiger charge is -2.32. The van der Waals surface area contributed by atoms with E-state index in [1.54, 1.807) is 12.1 Å². The molecule has 2 heterocycles. The van der Waals surface area contributed by atoms with Crippen molar-refractivity contribution in [2.75, 3.05) is 29.9 Å². The third-order valence-corrected chi connectivity index (χ3v) is 7.21. The van der Waals surface area contributed by atoms with Crippen LogP contribution in [0.15, 0.2) is 60.7 Å². The van der Waals surface area contributed by atoms with Gasteiger partial charge in [-0.05, 0) is 54.7 Å². The van der Waals surface area contributed by atoms with Gasteiger partial charge in [-0.1, -0.05) is 35.9 Å². The maximum atomic E-state index is 13.4. The van der Waals surface area contributed by atoms with Crippen LogP contribution in [-0.2, 0) is 17.7 Å². The predicted octanol–water partition coefficient (Wildman–Crippen LogP) is 4.97. The fourth-order valence-electron chi connectivity index (χ4n) is 4.88. The number of nitrogens with one attached hydrogen (secondary N) is 2. The van der Waals surface area contributed by atoms with E-state index in [4.69, 9.17) is 16.3 Å². The average Bonchev–Trinajstić information content (AvgIpc) is 3.45. The number of fused-ring (bicyclic) bond motifs is 1. The van der Waals surface area contributed by atoms with Crippen molar-refractivity contribution in [2.24, 2.45) is 0 Å². The van der Waals surface area contributed by atoms with Crippen molar-refractivity contribution < 1.29 is 19.2 Å². The maximum absolute atomic E-state index is 13.4. The van der Waals surface area contributed by atoms with Crippen LogP contribution in [0, 0.1) is 10.1 Å². The minimum atomic E-state index is -0.577. The summed E-state index contributed by atoms with van der Waals surface area (Å²) in [5.74, 6) is -0.783. The minimum absolute atomic E-state index is 0.00331. The van der Waals surface area contributed by atoms with Crippen molar-refractivity contribution in [2.45, 2.75) is 31.9 Å². The SMILES string of the molecule is O=C(Nc1ccc(N2CCc3ccccc3C2)c(C(=O)NC[C@@H]2CCCO2)c1)c1ccc([N+](=O)[O-])cc1Cl. The van der Waals surface area contributed by atoms with Gasteiger partial charge in [-0.25, -0.2) is 0 Å². The number of amides is 2. The second-order valence-electron chi connectivity index (χ2n) is 9.39. The van der Waals surface area contributed by atoms with E-state index in [9.17, 15) is 19.7 Å². The summed E-state index contributed by atoms with van der Waals surface area (Å²) >= 11 is 6.14. The van der Waals surface area contributed by atoms with Gasteiger partial charge < -0.3 is 20.3 Å². The first-order valence-electron chi connectivity index (χ1n) is 12.5. The average molecular weight is 535 g/mol. The van der Waals surface area contributed by atoms with Crippen molar-refractivity contribution in [3.63, 3.8) is 0 Å². The summed E-state index contributed by atoms with van der Waals surface area (Å²) in [7, 11) is 0. The van der Waals surface area contributed by atoms with E-state index in [0.29, 0.717) is 30.9 Å². The Morgan fingerprint density at radius 1 is 1.05 bits per heavy atom. The van der Waals surface area contributed by atoms with Gasteiger partial charge >= 0.3 is 0 Å². The first-order chi connectivity index (χ1) is 18.4. The number of nitro benzene ring substituents is 1. The van der Waals surface area contributed by atoms with Gasteiger partial charge in [0, 0.05) is 49.7 Å². The Bertz CT molecular complexity index is 1390. The first-order valence-corrected chi connectivity index (χ1v) is 12.9. The van der Waals surface area contributed by atoms with Gasteiger partial charge in [0.1, 0.15) is 0 Å². The second-order valence-corrected chi connectivity index (χ2v) is 9.80. The quantitative estimate of drug-likeness (QED) is 0.327. The van der Waals surface area contributed by atoms with Crippen molar-refractivity contribution in [3.05, 3.63) is 98.1 Å². The number of halogens is 1. The van der Waals surface area contributed by atoms with Crippen LogP contribution < -0.4 is 15.5 Å². The lowest BCUT2D eigenvalue weighted by atomic mass is 9.98. The van der Waals surface area contributed by atoms with E-state index in [1.165, 1.54) is 23.3 Å². The predicted molar refractivity (Wildman–Crippen MR) is 145 cm³/mol. The molecule has 38 heavy (non-hydrogen) atoms. The molecule has 0 spiro atoms. The van der Waals surface area contributed by atoms with Gasteiger partial charge in [0.2, 0.25) is 0 Å². The van der Waals surface area contributed by atoms with Crippen molar-refractivity contribution >= 4 is 40.5 Å². The van der Waals surface area contributed by atoms with E-state index in [0.717, 1.165) is 37.6 Å². The standard InChI is InChI=1S/C28H27ClN4O5/c29-25-15-21(33(36)37)8-9-23(25)28(35)31-20-7-10-26(32-12-11-18-4-1-2-5-19(18)17-32)24(14-20)27(34)30-16-22-6-3-13-38-22/h1-2,4-5,7-10,14-15,22H,3,6,11-13,16-17H2,(H,30,34)(H,31,35)/t22-/m0/s1. The number of non-ortho nitro benzene ring substituents is 1. The van der Waals surface area contributed by atoms with Crippen LogP contribution in [0.4, 0.5) is 17.1 Å². The molecule has 1 saturated heterocycles. The van der Waals surface area contributed by atoms with E-state index >= 15 is 0 Å². The highest BCUT2D eigenvalue weighted by Gasteiger charge is 2.24. The zero-order valence-electron chi connectivity index (χ0n) is 20.6. The number of anilines is 2. The van der Waals surface area contributed by atoms with Gasteiger partial charge in [0.25, 0.3) is 17.5 Å². The summed E-state index contributed by atoms with van der Waals surface area (Å²) in [5, 5.41) is 16.7. The number of hydrogen-bond acceptors (Lipinski definition) is 6.